The number of nitrogens with zero attached hydrogens (tertiary/aromatic N) is 3. The summed E-state index contributed by atoms with van der Waals surface area (Å²) in [4.78, 5) is 0. The number of allylic oxidation sites excluding steroid dienone is 5. The molecule has 0 amide bonds. The highest BCUT2D eigenvalue weighted by atomic mass is 15.4. The number of rotatable bonds is 2. The Labute approximate surface area is 139 Å². The van der Waals surface area contributed by atoms with E-state index in [9.17, 15) is 0 Å². The van der Waals surface area contributed by atoms with Gasteiger partial charge in [0, 0.05) is 11.9 Å². The molecule has 1 N–H and O–H groups in total. The van der Waals surface area contributed by atoms with E-state index < -0.39 is 0 Å². The Hall–Kier alpha value is -3.14. The molecule has 1 atom stereocenters. The summed E-state index contributed by atoms with van der Waals surface area (Å²) in [6.07, 6.45) is 8.27. The van der Waals surface area contributed by atoms with Crippen molar-refractivity contribution in [3.63, 3.8) is 0 Å². The van der Waals surface area contributed by atoms with Crippen LogP contribution < -0.4 is 5.32 Å². The molecule has 0 fully saturated rings. The summed E-state index contributed by atoms with van der Waals surface area (Å²) in [6.45, 7) is 2.26. The number of para-hydroxylation sites is 1. The van der Waals surface area contributed by atoms with Gasteiger partial charge < -0.3 is 5.32 Å². The van der Waals surface area contributed by atoms with Crippen molar-refractivity contribution >= 4 is 11.0 Å². The van der Waals surface area contributed by atoms with Gasteiger partial charge in [-0.1, -0.05) is 41.6 Å². The molecule has 116 valence electrons. The summed E-state index contributed by atoms with van der Waals surface area (Å²) in [6, 6.07) is 16.6. The maximum atomic E-state index is 4.33. The van der Waals surface area contributed by atoms with Gasteiger partial charge >= 0.3 is 0 Å². The zero-order valence-corrected chi connectivity index (χ0v) is 13.3. The monoisotopic (exact) mass is 312 g/mol. The first-order valence-corrected chi connectivity index (χ1v) is 8.05. The lowest BCUT2D eigenvalue weighted by molar-refractivity contribution is 0.770. The molecule has 2 heterocycles. The fourth-order valence-corrected chi connectivity index (χ4v) is 3.52. The average molecular weight is 312 g/mol. The van der Waals surface area contributed by atoms with E-state index in [0.29, 0.717) is 0 Å². The molecule has 24 heavy (non-hydrogen) atoms. The van der Waals surface area contributed by atoms with Gasteiger partial charge in [0.05, 0.1) is 16.6 Å². The fourth-order valence-electron chi connectivity index (χ4n) is 3.52. The van der Waals surface area contributed by atoms with Crippen LogP contribution in [0.4, 0.5) is 0 Å². The molecule has 3 aromatic rings. The van der Waals surface area contributed by atoms with Gasteiger partial charge in [0.15, 0.2) is 0 Å². The first-order chi connectivity index (χ1) is 11.8. The molecule has 5 rings (SSSR count). The summed E-state index contributed by atoms with van der Waals surface area (Å²) in [5.41, 5.74) is 6.78. The molecule has 1 aliphatic heterocycles. The molecular formula is C20H16N4. The van der Waals surface area contributed by atoms with Gasteiger partial charge in [0.1, 0.15) is 5.52 Å². The second-order valence-corrected chi connectivity index (χ2v) is 6.32. The predicted octanol–water partition coefficient (Wildman–Crippen LogP) is 3.62. The third-order valence-corrected chi connectivity index (χ3v) is 4.96. The Balaban J connectivity index is 1.59. The Bertz CT molecular complexity index is 1050. The largest absolute Gasteiger partial charge is 0.364 e. The van der Waals surface area contributed by atoms with Gasteiger partial charge in [-0.25, -0.2) is 4.68 Å². The van der Waals surface area contributed by atoms with Crippen molar-refractivity contribution in [2.45, 2.75) is 12.3 Å². The van der Waals surface area contributed by atoms with Gasteiger partial charge in [-0.2, -0.15) is 0 Å². The molecule has 4 nitrogen and oxygen atoms in total. The lowest BCUT2D eigenvalue weighted by Gasteiger charge is -2.16. The highest BCUT2D eigenvalue weighted by Gasteiger charge is 2.49. The van der Waals surface area contributed by atoms with Crippen LogP contribution in [0.3, 0.4) is 0 Å². The van der Waals surface area contributed by atoms with Crippen molar-refractivity contribution in [1.29, 1.82) is 0 Å². The normalized spacial score (nSPS) is 21.5. The van der Waals surface area contributed by atoms with Crippen LogP contribution in [0.1, 0.15) is 12.5 Å². The first-order valence-electron chi connectivity index (χ1n) is 8.05. The van der Waals surface area contributed by atoms with Crippen molar-refractivity contribution in [3.05, 3.63) is 89.8 Å². The van der Waals surface area contributed by atoms with Crippen molar-refractivity contribution in [1.82, 2.24) is 20.3 Å². The average Bonchev–Trinajstić information content (AvgIpc) is 3.09. The zero-order chi connectivity index (χ0) is 16.1. The Morgan fingerprint density at radius 3 is 2.92 bits per heavy atom. The van der Waals surface area contributed by atoms with Gasteiger partial charge in [-0.3, -0.25) is 0 Å². The molecule has 1 aliphatic carbocycles. The highest BCUT2D eigenvalue weighted by Crippen LogP contribution is 2.53. The second kappa shape index (κ2) is 4.68. The molecule has 0 saturated heterocycles. The van der Waals surface area contributed by atoms with Crippen molar-refractivity contribution in [2.24, 2.45) is 0 Å². The smallest absolute Gasteiger partial charge is 0.113 e. The lowest BCUT2D eigenvalue weighted by Crippen LogP contribution is -2.14. The van der Waals surface area contributed by atoms with Crippen LogP contribution in [0.5, 0.6) is 0 Å². The SMILES string of the molecule is CC1(c2cccc(-n3nnc4ccccc43)c2)C2=C1NC=CC=C2. The number of nitrogens with one attached hydrogen (secondary N) is 1. The topological polar surface area (TPSA) is 42.7 Å². The van der Waals surface area contributed by atoms with Crippen molar-refractivity contribution < 1.29 is 0 Å². The van der Waals surface area contributed by atoms with E-state index in [0.717, 1.165) is 16.7 Å². The number of hydrogen-bond donors (Lipinski definition) is 1. The van der Waals surface area contributed by atoms with E-state index in [-0.39, 0.29) is 5.41 Å². The van der Waals surface area contributed by atoms with Crippen LogP contribution in [0, 0.1) is 0 Å². The lowest BCUT2D eigenvalue weighted by atomic mass is 9.91. The number of benzene rings is 2. The minimum Gasteiger partial charge on any atom is -0.364 e. The van der Waals surface area contributed by atoms with Crippen molar-refractivity contribution in [3.8, 4) is 5.69 Å². The summed E-state index contributed by atoms with van der Waals surface area (Å²) in [5, 5.41) is 12.0. The molecule has 2 aromatic carbocycles. The van der Waals surface area contributed by atoms with Crippen LogP contribution in [0.25, 0.3) is 16.7 Å². The van der Waals surface area contributed by atoms with Crippen LogP contribution in [0.15, 0.2) is 84.2 Å². The Morgan fingerprint density at radius 1 is 1.04 bits per heavy atom. The van der Waals surface area contributed by atoms with E-state index in [1.165, 1.54) is 16.8 Å². The number of fused-ring (bicyclic) bond motifs is 1. The maximum absolute atomic E-state index is 4.33. The van der Waals surface area contributed by atoms with Gasteiger partial charge in [-0.15, -0.1) is 5.10 Å². The standard InChI is InChI=1S/C20H16N4/c1-20(16-9-4-5-12-21-19(16)20)14-7-6-8-15(13-14)24-18-11-3-2-10-17(18)22-23-24/h2-13,21H,1H3. The maximum Gasteiger partial charge on any atom is 0.113 e. The Kier molecular flexibility index (Phi) is 2.59. The van der Waals surface area contributed by atoms with Gasteiger partial charge in [-0.05, 0) is 48.4 Å². The molecule has 0 spiro atoms. The van der Waals surface area contributed by atoms with Crippen LogP contribution in [0.2, 0.25) is 0 Å². The van der Waals surface area contributed by atoms with E-state index in [1.54, 1.807) is 0 Å². The molecular weight excluding hydrogens is 296 g/mol. The molecule has 4 heteroatoms. The second-order valence-electron chi connectivity index (χ2n) is 6.32. The molecule has 0 bridgehead atoms. The van der Waals surface area contributed by atoms with Crippen LogP contribution in [-0.4, -0.2) is 15.0 Å². The minimum absolute atomic E-state index is 0.0480. The Morgan fingerprint density at radius 2 is 1.96 bits per heavy atom. The fraction of sp³-hybridized carbons (Fsp3) is 0.100. The summed E-state index contributed by atoms with van der Waals surface area (Å²) >= 11 is 0. The van der Waals surface area contributed by atoms with E-state index in [2.05, 4.69) is 59.0 Å². The molecule has 1 aromatic heterocycles. The van der Waals surface area contributed by atoms with Crippen LogP contribution >= 0.6 is 0 Å². The number of aromatic nitrogens is 3. The first kappa shape index (κ1) is 13.3. The quantitative estimate of drug-likeness (QED) is 0.786. The molecule has 0 radical (unpaired) electrons. The predicted molar refractivity (Wildman–Crippen MR) is 94.7 cm³/mol. The minimum atomic E-state index is -0.0480. The van der Waals surface area contributed by atoms with E-state index in [1.807, 2.05) is 41.2 Å². The molecule has 2 aliphatic rings. The highest BCUT2D eigenvalue weighted by molar-refractivity contribution is 5.76. The zero-order valence-electron chi connectivity index (χ0n) is 13.3. The summed E-state index contributed by atoms with van der Waals surface area (Å²) in [5.74, 6) is 0. The van der Waals surface area contributed by atoms with Crippen molar-refractivity contribution in [2.75, 3.05) is 0 Å². The summed E-state index contributed by atoms with van der Waals surface area (Å²) < 4.78 is 1.90. The van der Waals surface area contributed by atoms with Crippen LogP contribution in [-0.2, 0) is 5.41 Å². The summed E-state index contributed by atoms with van der Waals surface area (Å²) in [7, 11) is 0. The van der Waals surface area contributed by atoms with Gasteiger partial charge in [0.2, 0.25) is 0 Å². The molecule has 1 unspecified atom stereocenters. The number of hydrogen-bond acceptors (Lipinski definition) is 3. The molecule has 0 saturated carbocycles. The van der Waals surface area contributed by atoms with E-state index >= 15 is 0 Å². The third-order valence-electron chi connectivity index (χ3n) is 4.96. The third kappa shape index (κ3) is 1.74. The van der Waals surface area contributed by atoms with E-state index in [4.69, 9.17) is 0 Å². The van der Waals surface area contributed by atoms with Gasteiger partial charge in [0.25, 0.3) is 0 Å².